The molecule has 2 N–H and O–H groups in total. The number of ether oxygens (including phenoxy) is 1. The Balaban J connectivity index is 1.91. The van der Waals surface area contributed by atoms with Crippen molar-refractivity contribution in [3.05, 3.63) is 24.4 Å². The lowest BCUT2D eigenvalue weighted by atomic mass is 10.3. The molecule has 0 aliphatic carbocycles. The van der Waals surface area contributed by atoms with Gasteiger partial charge >= 0.3 is 0 Å². The Morgan fingerprint density at radius 2 is 2.32 bits per heavy atom. The first kappa shape index (κ1) is 19.0. The lowest BCUT2D eigenvalue weighted by Crippen LogP contribution is -2.46. The molecule has 0 saturated carbocycles. The number of anilines is 1. The van der Waals surface area contributed by atoms with Gasteiger partial charge in [-0.1, -0.05) is 6.07 Å². The molecular weight excluding hydrogens is 320 g/mol. The molecule has 0 radical (unpaired) electrons. The van der Waals surface area contributed by atoms with E-state index in [1.165, 1.54) is 4.90 Å². The maximum Gasteiger partial charge on any atom is 0.243 e. The van der Waals surface area contributed by atoms with Crippen LogP contribution >= 0.6 is 0 Å². The summed E-state index contributed by atoms with van der Waals surface area (Å²) in [7, 11) is 5.11. The molecule has 1 unspecified atom stereocenters. The molecule has 1 aliphatic rings. The minimum absolute atomic E-state index is 0.0330. The molecule has 0 spiro atoms. The minimum Gasteiger partial charge on any atom is -0.383 e. The van der Waals surface area contributed by atoms with Gasteiger partial charge in [0.2, 0.25) is 5.91 Å². The third kappa shape index (κ3) is 6.22. The van der Waals surface area contributed by atoms with Gasteiger partial charge in [0.1, 0.15) is 12.4 Å². The molecule has 1 atom stereocenters. The molecule has 8 heteroatoms. The van der Waals surface area contributed by atoms with E-state index in [1.54, 1.807) is 21.2 Å². The molecule has 2 rings (SSSR count). The molecule has 1 saturated heterocycles. The van der Waals surface area contributed by atoms with E-state index < -0.39 is 0 Å². The number of pyridine rings is 1. The summed E-state index contributed by atoms with van der Waals surface area (Å²) >= 11 is 0. The van der Waals surface area contributed by atoms with Crippen molar-refractivity contribution in [2.75, 3.05) is 58.9 Å². The zero-order valence-corrected chi connectivity index (χ0v) is 15.2. The second-order valence-electron chi connectivity index (χ2n) is 6.14. The van der Waals surface area contributed by atoms with Crippen LogP contribution in [0.25, 0.3) is 0 Å². The number of likely N-dealkylation sites (N-methyl/N-ethyl adjacent to an activating group) is 1. The summed E-state index contributed by atoms with van der Waals surface area (Å²) in [6, 6.07) is 6.19. The maximum atomic E-state index is 11.8. The van der Waals surface area contributed by atoms with Crippen molar-refractivity contribution in [2.45, 2.75) is 12.5 Å². The van der Waals surface area contributed by atoms with Crippen LogP contribution in [0.3, 0.4) is 0 Å². The SMILES string of the molecule is COCCNC(=NCC(=O)N(C)C)NC1CCN(c2ccccn2)C1. The van der Waals surface area contributed by atoms with Crippen molar-refractivity contribution in [2.24, 2.45) is 4.99 Å². The summed E-state index contributed by atoms with van der Waals surface area (Å²) < 4.78 is 5.06. The highest BCUT2D eigenvalue weighted by atomic mass is 16.5. The topological polar surface area (TPSA) is 82.1 Å². The van der Waals surface area contributed by atoms with Crippen LogP contribution in [0.15, 0.2) is 29.4 Å². The third-order valence-corrected chi connectivity index (χ3v) is 3.97. The number of hydrogen-bond acceptors (Lipinski definition) is 5. The summed E-state index contributed by atoms with van der Waals surface area (Å²) in [4.78, 5) is 24.3. The standard InChI is InChI=1S/C17H28N6O2/c1-22(2)16(24)12-20-17(19-9-11-25-3)21-14-7-10-23(13-14)15-6-4-5-8-18-15/h4-6,8,14H,7,9-13H2,1-3H3,(H2,19,20,21). The van der Waals surface area contributed by atoms with Gasteiger partial charge in [0.05, 0.1) is 6.61 Å². The first-order valence-corrected chi connectivity index (χ1v) is 8.50. The van der Waals surface area contributed by atoms with Crippen LogP contribution < -0.4 is 15.5 Å². The lowest BCUT2D eigenvalue weighted by Gasteiger charge is -2.20. The van der Waals surface area contributed by atoms with E-state index in [-0.39, 0.29) is 18.5 Å². The quantitative estimate of drug-likeness (QED) is 0.408. The van der Waals surface area contributed by atoms with E-state index in [1.807, 2.05) is 24.4 Å². The highest BCUT2D eigenvalue weighted by Gasteiger charge is 2.24. The van der Waals surface area contributed by atoms with E-state index in [0.29, 0.717) is 19.1 Å². The van der Waals surface area contributed by atoms with E-state index in [0.717, 1.165) is 25.3 Å². The number of amides is 1. The Labute approximate surface area is 149 Å². The molecule has 1 aliphatic heterocycles. The van der Waals surface area contributed by atoms with Crippen LogP contribution in [0.2, 0.25) is 0 Å². The van der Waals surface area contributed by atoms with Crippen molar-refractivity contribution in [3.63, 3.8) is 0 Å². The average Bonchev–Trinajstić information content (AvgIpc) is 3.08. The number of hydrogen-bond donors (Lipinski definition) is 2. The molecule has 1 aromatic rings. The molecule has 0 bridgehead atoms. The van der Waals surface area contributed by atoms with Crippen LogP contribution in [0.4, 0.5) is 5.82 Å². The van der Waals surface area contributed by atoms with Crippen molar-refractivity contribution in [3.8, 4) is 0 Å². The molecule has 1 aromatic heterocycles. The first-order valence-electron chi connectivity index (χ1n) is 8.50. The largest absolute Gasteiger partial charge is 0.383 e. The second kappa shape index (κ2) is 9.83. The number of nitrogens with zero attached hydrogens (tertiary/aromatic N) is 4. The van der Waals surface area contributed by atoms with E-state index in [2.05, 4.69) is 25.5 Å². The molecule has 8 nitrogen and oxygen atoms in total. The molecular formula is C17H28N6O2. The molecule has 0 aromatic carbocycles. The number of methoxy groups -OCH3 is 1. The molecule has 25 heavy (non-hydrogen) atoms. The van der Waals surface area contributed by atoms with Crippen molar-refractivity contribution >= 4 is 17.7 Å². The fourth-order valence-electron chi connectivity index (χ4n) is 2.53. The minimum atomic E-state index is -0.0330. The summed E-state index contributed by atoms with van der Waals surface area (Å²) in [6.07, 6.45) is 2.80. The van der Waals surface area contributed by atoms with E-state index in [9.17, 15) is 4.79 Å². The normalized spacial score (nSPS) is 17.5. The average molecular weight is 348 g/mol. The van der Waals surface area contributed by atoms with Crippen LogP contribution in [-0.4, -0.2) is 81.8 Å². The van der Waals surface area contributed by atoms with Crippen molar-refractivity contribution < 1.29 is 9.53 Å². The van der Waals surface area contributed by atoms with Gasteiger partial charge in [-0.3, -0.25) is 4.79 Å². The Morgan fingerprint density at radius 1 is 1.48 bits per heavy atom. The molecule has 1 fully saturated rings. The predicted molar refractivity (Wildman–Crippen MR) is 98.9 cm³/mol. The number of nitrogens with one attached hydrogen (secondary N) is 2. The fraction of sp³-hybridized carbons (Fsp3) is 0.588. The van der Waals surface area contributed by atoms with Crippen molar-refractivity contribution in [1.29, 1.82) is 0 Å². The Hall–Kier alpha value is -2.35. The molecule has 138 valence electrons. The molecule has 1 amide bonds. The second-order valence-corrected chi connectivity index (χ2v) is 6.14. The van der Waals surface area contributed by atoms with Gasteiger partial charge in [0.25, 0.3) is 0 Å². The Kier molecular flexibility index (Phi) is 7.46. The van der Waals surface area contributed by atoms with Gasteiger partial charge in [-0.2, -0.15) is 0 Å². The fourth-order valence-corrected chi connectivity index (χ4v) is 2.53. The number of rotatable bonds is 7. The van der Waals surface area contributed by atoms with Crippen LogP contribution in [0.1, 0.15) is 6.42 Å². The van der Waals surface area contributed by atoms with E-state index in [4.69, 9.17) is 4.74 Å². The van der Waals surface area contributed by atoms with Gasteiger partial charge in [0.15, 0.2) is 5.96 Å². The predicted octanol–water partition coefficient (Wildman–Crippen LogP) is -0.0699. The van der Waals surface area contributed by atoms with Crippen LogP contribution in [0.5, 0.6) is 0 Å². The van der Waals surface area contributed by atoms with Crippen molar-refractivity contribution in [1.82, 2.24) is 20.5 Å². The highest BCUT2D eigenvalue weighted by Crippen LogP contribution is 2.17. The third-order valence-electron chi connectivity index (χ3n) is 3.97. The summed E-state index contributed by atoms with van der Waals surface area (Å²) in [5.74, 6) is 1.59. The number of aliphatic imine (C=N–C) groups is 1. The van der Waals surface area contributed by atoms with Gasteiger partial charge < -0.3 is 25.2 Å². The summed E-state index contributed by atoms with van der Waals surface area (Å²) in [5, 5.41) is 6.62. The number of carbonyl (C=O) groups is 1. The summed E-state index contributed by atoms with van der Waals surface area (Å²) in [5.41, 5.74) is 0. The number of guanidine groups is 1. The highest BCUT2D eigenvalue weighted by molar-refractivity contribution is 5.85. The lowest BCUT2D eigenvalue weighted by molar-refractivity contribution is -0.127. The number of carbonyl (C=O) groups excluding carboxylic acids is 1. The Morgan fingerprint density at radius 3 is 3.00 bits per heavy atom. The monoisotopic (exact) mass is 348 g/mol. The summed E-state index contributed by atoms with van der Waals surface area (Å²) in [6.45, 7) is 3.12. The van der Waals surface area contributed by atoms with Gasteiger partial charge in [0, 0.05) is 53.1 Å². The molecule has 2 heterocycles. The zero-order valence-electron chi connectivity index (χ0n) is 15.2. The van der Waals surface area contributed by atoms with Gasteiger partial charge in [-0.25, -0.2) is 9.98 Å². The van der Waals surface area contributed by atoms with E-state index >= 15 is 0 Å². The van der Waals surface area contributed by atoms with Crippen LogP contribution in [-0.2, 0) is 9.53 Å². The van der Waals surface area contributed by atoms with Gasteiger partial charge in [-0.05, 0) is 18.6 Å². The number of aromatic nitrogens is 1. The maximum absolute atomic E-state index is 11.8. The first-order chi connectivity index (χ1) is 12.1. The van der Waals surface area contributed by atoms with Crippen LogP contribution in [0, 0.1) is 0 Å². The smallest absolute Gasteiger partial charge is 0.243 e. The zero-order chi connectivity index (χ0) is 18.1. The Bertz CT molecular complexity index is 564. The van der Waals surface area contributed by atoms with Gasteiger partial charge in [-0.15, -0.1) is 0 Å².